The van der Waals surface area contributed by atoms with E-state index in [1.807, 2.05) is 16.8 Å². The van der Waals surface area contributed by atoms with Crippen LogP contribution in [0.1, 0.15) is 16.7 Å². The maximum absolute atomic E-state index is 12.3. The molecule has 1 aromatic carbocycles. The Kier molecular flexibility index (Phi) is 5.10. The zero-order valence-electron chi connectivity index (χ0n) is 11.5. The molecule has 7 heteroatoms. The van der Waals surface area contributed by atoms with Gasteiger partial charge in [0.05, 0.1) is 5.75 Å². The number of hydrogen-bond acceptors (Lipinski definition) is 4. The van der Waals surface area contributed by atoms with Crippen molar-refractivity contribution in [1.29, 1.82) is 0 Å². The van der Waals surface area contributed by atoms with Crippen molar-refractivity contribution in [2.75, 3.05) is 7.05 Å². The largest absolute Gasteiger partial charge is 0.389 e. The predicted octanol–water partition coefficient (Wildman–Crippen LogP) is 2.34. The highest BCUT2D eigenvalue weighted by Gasteiger charge is 2.19. The molecular weight excluding hydrogens is 324 g/mol. The van der Waals surface area contributed by atoms with E-state index >= 15 is 0 Å². The molecule has 4 nitrogen and oxygen atoms in total. The Morgan fingerprint density at radius 3 is 2.43 bits per heavy atom. The predicted molar refractivity (Wildman–Crippen MR) is 90.7 cm³/mol. The number of hydrogen-bond donors (Lipinski definition) is 1. The molecule has 0 unspecified atom stereocenters. The molecule has 0 spiro atoms. The maximum Gasteiger partial charge on any atom is 0.218 e. The molecule has 0 saturated carbocycles. The van der Waals surface area contributed by atoms with Crippen LogP contribution in [-0.2, 0) is 22.3 Å². The van der Waals surface area contributed by atoms with E-state index in [0.717, 1.165) is 11.1 Å². The van der Waals surface area contributed by atoms with E-state index in [9.17, 15) is 8.42 Å². The molecular formula is C14H16N2O2S3. The highest BCUT2D eigenvalue weighted by molar-refractivity contribution is 7.88. The Morgan fingerprint density at radius 1 is 1.24 bits per heavy atom. The van der Waals surface area contributed by atoms with Gasteiger partial charge in [-0.3, -0.25) is 0 Å². The van der Waals surface area contributed by atoms with Crippen LogP contribution in [0.3, 0.4) is 0 Å². The van der Waals surface area contributed by atoms with Crippen molar-refractivity contribution in [1.82, 2.24) is 4.31 Å². The van der Waals surface area contributed by atoms with E-state index in [1.54, 1.807) is 42.6 Å². The fraction of sp³-hybridized carbons (Fsp3) is 0.214. The van der Waals surface area contributed by atoms with Crippen LogP contribution in [0, 0.1) is 0 Å². The average molecular weight is 340 g/mol. The standard InChI is InChI=1S/C14H16N2O2S3/c1-16(8-12-6-7-20-9-12)21(17,18)10-11-2-4-13(5-3-11)14(15)19/h2-7,9H,8,10H2,1H3,(H2,15,19). The molecule has 0 fully saturated rings. The van der Waals surface area contributed by atoms with Crippen LogP contribution in [0.5, 0.6) is 0 Å². The number of rotatable bonds is 6. The number of benzene rings is 1. The molecule has 2 rings (SSSR count). The minimum atomic E-state index is -3.35. The SMILES string of the molecule is CN(Cc1ccsc1)S(=O)(=O)Cc1ccc(C(N)=S)cc1. The van der Waals surface area contributed by atoms with Crippen molar-refractivity contribution in [3.05, 3.63) is 57.8 Å². The Balaban J connectivity index is 2.07. The van der Waals surface area contributed by atoms with Gasteiger partial charge in [-0.2, -0.15) is 11.3 Å². The van der Waals surface area contributed by atoms with E-state index in [4.69, 9.17) is 18.0 Å². The minimum Gasteiger partial charge on any atom is -0.389 e. The van der Waals surface area contributed by atoms with Crippen molar-refractivity contribution in [3.8, 4) is 0 Å². The lowest BCUT2D eigenvalue weighted by molar-refractivity contribution is 0.466. The van der Waals surface area contributed by atoms with Gasteiger partial charge in [0.2, 0.25) is 10.0 Å². The monoisotopic (exact) mass is 340 g/mol. The molecule has 0 aliphatic carbocycles. The number of nitrogens with zero attached hydrogens (tertiary/aromatic N) is 1. The Labute approximate surface area is 134 Å². The van der Waals surface area contributed by atoms with Gasteiger partial charge in [0.15, 0.2) is 0 Å². The van der Waals surface area contributed by atoms with E-state index < -0.39 is 10.0 Å². The second kappa shape index (κ2) is 6.65. The molecule has 112 valence electrons. The van der Waals surface area contributed by atoms with Crippen LogP contribution >= 0.6 is 23.6 Å². The van der Waals surface area contributed by atoms with Crippen molar-refractivity contribution in [2.45, 2.75) is 12.3 Å². The maximum atomic E-state index is 12.3. The molecule has 0 amide bonds. The van der Waals surface area contributed by atoms with Crippen molar-refractivity contribution < 1.29 is 8.42 Å². The third-order valence-electron chi connectivity index (χ3n) is 3.05. The average Bonchev–Trinajstić information content (AvgIpc) is 2.91. The van der Waals surface area contributed by atoms with Gasteiger partial charge in [-0.15, -0.1) is 0 Å². The summed E-state index contributed by atoms with van der Waals surface area (Å²) in [6, 6.07) is 8.89. The lowest BCUT2D eigenvalue weighted by atomic mass is 10.1. The third kappa shape index (κ3) is 4.34. The van der Waals surface area contributed by atoms with E-state index in [1.165, 1.54) is 4.31 Å². The molecule has 2 N–H and O–H groups in total. The summed E-state index contributed by atoms with van der Waals surface area (Å²) in [6.45, 7) is 0.386. The smallest absolute Gasteiger partial charge is 0.218 e. The summed E-state index contributed by atoms with van der Waals surface area (Å²) in [5.74, 6) is -0.0365. The molecule has 0 aliphatic heterocycles. The quantitative estimate of drug-likeness (QED) is 0.820. The van der Waals surface area contributed by atoms with E-state index in [2.05, 4.69) is 0 Å². The molecule has 0 saturated heterocycles. The van der Waals surface area contributed by atoms with Crippen LogP contribution in [0.4, 0.5) is 0 Å². The Bertz CT molecular complexity index is 707. The van der Waals surface area contributed by atoms with Crippen molar-refractivity contribution >= 4 is 38.6 Å². The summed E-state index contributed by atoms with van der Waals surface area (Å²) in [6.07, 6.45) is 0. The van der Waals surface area contributed by atoms with Crippen LogP contribution in [0.15, 0.2) is 41.1 Å². The molecule has 2 aromatic rings. The summed E-state index contributed by atoms with van der Waals surface area (Å²) in [4.78, 5) is 0.305. The molecule has 1 aromatic heterocycles. The molecule has 0 radical (unpaired) electrons. The lowest BCUT2D eigenvalue weighted by Gasteiger charge is -2.16. The molecule has 21 heavy (non-hydrogen) atoms. The number of sulfonamides is 1. The van der Waals surface area contributed by atoms with Crippen LogP contribution in [-0.4, -0.2) is 24.8 Å². The van der Waals surface area contributed by atoms with Crippen LogP contribution < -0.4 is 5.73 Å². The first-order valence-corrected chi connectivity index (χ1v) is 9.18. The summed E-state index contributed by atoms with van der Waals surface area (Å²) in [7, 11) is -1.76. The van der Waals surface area contributed by atoms with Crippen molar-refractivity contribution in [2.24, 2.45) is 5.73 Å². The Morgan fingerprint density at radius 2 is 1.90 bits per heavy atom. The molecule has 1 heterocycles. The van der Waals surface area contributed by atoms with Gasteiger partial charge in [-0.05, 0) is 28.0 Å². The normalized spacial score (nSPS) is 11.7. The summed E-state index contributed by atoms with van der Waals surface area (Å²) >= 11 is 6.43. The van der Waals surface area contributed by atoms with Gasteiger partial charge in [0, 0.05) is 19.2 Å². The van der Waals surface area contributed by atoms with Gasteiger partial charge in [0.25, 0.3) is 0 Å². The van der Waals surface area contributed by atoms with Gasteiger partial charge in [-0.25, -0.2) is 12.7 Å². The van der Waals surface area contributed by atoms with Crippen LogP contribution in [0.25, 0.3) is 0 Å². The topological polar surface area (TPSA) is 63.4 Å². The van der Waals surface area contributed by atoms with Crippen LogP contribution in [0.2, 0.25) is 0 Å². The van der Waals surface area contributed by atoms with E-state index in [0.29, 0.717) is 17.1 Å². The molecule has 0 bridgehead atoms. The first kappa shape index (κ1) is 16.1. The van der Waals surface area contributed by atoms with Gasteiger partial charge >= 0.3 is 0 Å². The second-order valence-electron chi connectivity index (χ2n) is 4.71. The molecule has 0 aliphatic rings. The van der Waals surface area contributed by atoms with Gasteiger partial charge < -0.3 is 5.73 Å². The van der Waals surface area contributed by atoms with Gasteiger partial charge in [-0.1, -0.05) is 36.5 Å². The summed E-state index contributed by atoms with van der Waals surface area (Å²) < 4.78 is 26.0. The Hall–Kier alpha value is -1.28. The van der Waals surface area contributed by atoms with E-state index in [-0.39, 0.29) is 5.75 Å². The zero-order valence-corrected chi connectivity index (χ0v) is 14.0. The van der Waals surface area contributed by atoms with Crippen molar-refractivity contribution in [3.63, 3.8) is 0 Å². The summed E-state index contributed by atoms with van der Waals surface area (Å²) in [5, 5.41) is 3.88. The first-order valence-electron chi connectivity index (χ1n) is 6.22. The second-order valence-corrected chi connectivity index (χ2v) is 8.00. The number of thiophene rings is 1. The number of nitrogens with two attached hydrogens (primary N) is 1. The van der Waals surface area contributed by atoms with Gasteiger partial charge in [0.1, 0.15) is 4.99 Å². The highest BCUT2D eigenvalue weighted by Crippen LogP contribution is 2.15. The fourth-order valence-corrected chi connectivity index (χ4v) is 3.80. The highest BCUT2D eigenvalue weighted by atomic mass is 32.2. The fourth-order valence-electron chi connectivity index (χ4n) is 1.82. The summed E-state index contributed by atoms with van der Waals surface area (Å²) in [5.41, 5.74) is 7.97. The first-order chi connectivity index (χ1) is 9.88. The lowest BCUT2D eigenvalue weighted by Crippen LogP contribution is -2.27. The minimum absolute atomic E-state index is 0.0365. The zero-order chi connectivity index (χ0) is 15.5. The molecule has 0 atom stereocenters. The number of thiocarbonyl (C=S) groups is 1. The third-order valence-corrected chi connectivity index (χ3v) is 5.79.